The van der Waals surface area contributed by atoms with E-state index in [9.17, 15) is 4.79 Å². The maximum absolute atomic E-state index is 11.0. The van der Waals surface area contributed by atoms with Crippen LogP contribution in [0.5, 0.6) is 5.75 Å². The van der Waals surface area contributed by atoms with Gasteiger partial charge in [0.05, 0.1) is 19.9 Å². The Kier molecular flexibility index (Phi) is 4.15. The van der Waals surface area contributed by atoms with Crippen molar-refractivity contribution in [2.24, 2.45) is 0 Å². The van der Waals surface area contributed by atoms with Crippen LogP contribution in [0.15, 0.2) is 48.5 Å². The Morgan fingerprint density at radius 2 is 1.68 bits per heavy atom. The summed E-state index contributed by atoms with van der Waals surface area (Å²) in [6, 6.07) is 15.2. The number of carbonyl (C=O) groups excluding carboxylic acids is 1. The second-order valence-electron chi connectivity index (χ2n) is 3.86. The van der Waals surface area contributed by atoms with Gasteiger partial charge in [-0.2, -0.15) is 5.06 Å². The third-order valence-corrected chi connectivity index (χ3v) is 2.83. The minimum Gasteiger partial charge on any atom is -0.497 e. The molecule has 0 spiro atoms. The molecule has 0 saturated carbocycles. The molecule has 4 nitrogen and oxygen atoms in total. The predicted octanol–water partition coefficient (Wildman–Crippen LogP) is 2.89. The number of methoxy groups -OCH3 is 1. The van der Waals surface area contributed by atoms with Crippen LogP contribution >= 0.6 is 0 Å². The monoisotopic (exact) mass is 257 g/mol. The summed E-state index contributed by atoms with van der Waals surface area (Å²) in [5.74, 6) is 0.792. The molecule has 0 fully saturated rings. The molecule has 0 aliphatic heterocycles. The van der Waals surface area contributed by atoms with Crippen molar-refractivity contribution in [3.05, 3.63) is 48.5 Å². The lowest BCUT2D eigenvalue weighted by atomic mass is 10.0. The number of amides is 1. The number of carbonyl (C=O) groups is 1. The number of para-hydroxylation sites is 1. The van der Waals surface area contributed by atoms with Gasteiger partial charge in [-0.15, -0.1) is 0 Å². The van der Waals surface area contributed by atoms with Crippen molar-refractivity contribution in [1.82, 2.24) is 0 Å². The number of benzene rings is 2. The van der Waals surface area contributed by atoms with E-state index in [1.807, 2.05) is 48.5 Å². The summed E-state index contributed by atoms with van der Waals surface area (Å²) >= 11 is 0. The van der Waals surface area contributed by atoms with Gasteiger partial charge in [-0.05, 0) is 23.8 Å². The zero-order chi connectivity index (χ0) is 13.7. The molecule has 2 aromatic carbocycles. The van der Waals surface area contributed by atoms with E-state index in [1.54, 1.807) is 7.11 Å². The lowest BCUT2D eigenvalue weighted by Crippen LogP contribution is -2.19. The molecule has 0 saturated heterocycles. The van der Waals surface area contributed by atoms with E-state index in [0.717, 1.165) is 16.9 Å². The van der Waals surface area contributed by atoms with Crippen LogP contribution in [0.2, 0.25) is 0 Å². The van der Waals surface area contributed by atoms with Crippen LogP contribution in [0.3, 0.4) is 0 Å². The quantitative estimate of drug-likeness (QED) is 0.610. The van der Waals surface area contributed by atoms with Gasteiger partial charge in [-0.3, -0.25) is 9.63 Å². The predicted molar refractivity (Wildman–Crippen MR) is 74.0 cm³/mol. The second kappa shape index (κ2) is 6.02. The van der Waals surface area contributed by atoms with Gasteiger partial charge < -0.3 is 4.74 Å². The fraction of sp³-hybridized carbons (Fsp3) is 0.133. The van der Waals surface area contributed by atoms with Crippen molar-refractivity contribution in [3.63, 3.8) is 0 Å². The van der Waals surface area contributed by atoms with E-state index < -0.39 is 0 Å². The van der Waals surface area contributed by atoms with Crippen LogP contribution in [-0.4, -0.2) is 20.6 Å². The molecule has 98 valence electrons. The molecule has 4 heteroatoms. The Bertz CT molecular complexity index is 552. The van der Waals surface area contributed by atoms with Gasteiger partial charge in [-0.25, -0.2) is 0 Å². The highest BCUT2D eigenvalue weighted by Crippen LogP contribution is 2.31. The summed E-state index contributed by atoms with van der Waals surface area (Å²) in [6.07, 6.45) is 0.641. The van der Waals surface area contributed by atoms with Gasteiger partial charge in [0.2, 0.25) is 6.41 Å². The molecule has 0 N–H and O–H groups in total. The molecule has 19 heavy (non-hydrogen) atoms. The molecule has 0 atom stereocenters. The SMILES string of the molecule is COc1ccc(-c2ccccc2N(C=O)OC)cc1. The fourth-order valence-corrected chi connectivity index (χ4v) is 1.88. The van der Waals surface area contributed by atoms with Crippen LogP contribution in [0.25, 0.3) is 11.1 Å². The van der Waals surface area contributed by atoms with Gasteiger partial charge >= 0.3 is 0 Å². The van der Waals surface area contributed by atoms with Crippen molar-refractivity contribution >= 4 is 12.1 Å². The van der Waals surface area contributed by atoms with E-state index in [1.165, 1.54) is 12.2 Å². The normalized spacial score (nSPS) is 10.0. The zero-order valence-corrected chi connectivity index (χ0v) is 10.9. The Morgan fingerprint density at radius 1 is 1.00 bits per heavy atom. The number of hydrogen-bond acceptors (Lipinski definition) is 3. The number of hydrogen-bond donors (Lipinski definition) is 0. The number of ether oxygens (including phenoxy) is 1. The molecular weight excluding hydrogens is 242 g/mol. The number of rotatable bonds is 5. The van der Waals surface area contributed by atoms with Crippen LogP contribution < -0.4 is 9.80 Å². The van der Waals surface area contributed by atoms with Crippen molar-refractivity contribution in [1.29, 1.82) is 0 Å². The molecule has 0 unspecified atom stereocenters. The fourth-order valence-electron chi connectivity index (χ4n) is 1.88. The molecule has 2 aromatic rings. The van der Waals surface area contributed by atoms with Gasteiger partial charge in [0.1, 0.15) is 5.75 Å². The first-order valence-corrected chi connectivity index (χ1v) is 5.82. The van der Waals surface area contributed by atoms with Crippen molar-refractivity contribution < 1.29 is 14.4 Å². The van der Waals surface area contributed by atoms with Crippen LogP contribution in [0, 0.1) is 0 Å². The first-order chi connectivity index (χ1) is 9.30. The average Bonchev–Trinajstić information content (AvgIpc) is 2.49. The van der Waals surface area contributed by atoms with Crippen molar-refractivity contribution in [3.8, 4) is 16.9 Å². The highest BCUT2D eigenvalue weighted by Gasteiger charge is 2.11. The average molecular weight is 257 g/mol. The zero-order valence-electron chi connectivity index (χ0n) is 10.9. The summed E-state index contributed by atoms with van der Waals surface area (Å²) in [7, 11) is 3.08. The van der Waals surface area contributed by atoms with Gasteiger partial charge in [0, 0.05) is 5.56 Å². The molecule has 0 aromatic heterocycles. The standard InChI is InChI=1S/C15H15NO3/c1-18-13-9-7-12(8-10-13)14-5-3-4-6-15(14)16(11-17)19-2/h3-11H,1-2H3. The highest BCUT2D eigenvalue weighted by molar-refractivity contribution is 5.85. The number of anilines is 1. The lowest BCUT2D eigenvalue weighted by Gasteiger charge is -2.18. The molecule has 0 radical (unpaired) electrons. The topological polar surface area (TPSA) is 38.8 Å². The molecule has 1 amide bonds. The first-order valence-electron chi connectivity index (χ1n) is 5.82. The third kappa shape index (κ3) is 2.74. The molecule has 2 rings (SSSR count). The largest absolute Gasteiger partial charge is 0.497 e. The molecule has 0 bridgehead atoms. The Labute approximate surface area is 112 Å². The van der Waals surface area contributed by atoms with Crippen LogP contribution in [0.4, 0.5) is 5.69 Å². The second-order valence-corrected chi connectivity index (χ2v) is 3.86. The maximum atomic E-state index is 11.0. The Morgan fingerprint density at radius 3 is 2.26 bits per heavy atom. The van der Waals surface area contributed by atoms with E-state index in [4.69, 9.17) is 9.57 Å². The van der Waals surface area contributed by atoms with Gasteiger partial charge in [0.25, 0.3) is 0 Å². The summed E-state index contributed by atoms with van der Waals surface area (Å²) in [5.41, 5.74) is 2.60. The minimum absolute atomic E-state index is 0.641. The Balaban J connectivity index is 2.46. The summed E-state index contributed by atoms with van der Waals surface area (Å²) in [6.45, 7) is 0. The van der Waals surface area contributed by atoms with Gasteiger partial charge in [-0.1, -0.05) is 30.3 Å². The summed E-state index contributed by atoms with van der Waals surface area (Å²) in [5, 5.41) is 1.19. The van der Waals surface area contributed by atoms with Crippen LogP contribution in [-0.2, 0) is 9.63 Å². The van der Waals surface area contributed by atoms with E-state index in [0.29, 0.717) is 12.1 Å². The van der Waals surface area contributed by atoms with E-state index >= 15 is 0 Å². The van der Waals surface area contributed by atoms with Gasteiger partial charge in [0.15, 0.2) is 0 Å². The first kappa shape index (κ1) is 13.1. The maximum Gasteiger partial charge on any atom is 0.238 e. The third-order valence-electron chi connectivity index (χ3n) is 2.83. The smallest absolute Gasteiger partial charge is 0.238 e. The van der Waals surface area contributed by atoms with E-state index in [2.05, 4.69) is 0 Å². The summed E-state index contributed by atoms with van der Waals surface area (Å²) < 4.78 is 5.13. The number of nitrogens with zero attached hydrogens (tertiary/aromatic N) is 1. The van der Waals surface area contributed by atoms with Crippen molar-refractivity contribution in [2.75, 3.05) is 19.3 Å². The Hall–Kier alpha value is -2.33. The molecular formula is C15H15NO3. The van der Waals surface area contributed by atoms with E-state index in [-0.39, 0.29) is 0 Å². The summed E-state index contributed by atoms with van der Waals surface area (Å²) in [4.78, 5) is 16.0. The minimum atomic E-state index is 0.641. The molecule has 0 aliphatic rings. The number of hydroxylamine groups is 1. The molecule has 0 aliphatic carbocycles. The van der Waals surface area contributed by atoms with Crippen molar-refractivity contribution in [2.45, 2.75) is 0 Å². The highest BCUT2D eigenvalue weighted by atomic mass is 16.7. The molecule has 0 heterocycles. The van der Waals surface area contributed by atoms with Crippen LogP contribution in [0.1, 0.15) is 0 Å². The lowest BCUT2D eigenvalue weighted by molar-refractivity contribution is -0.112.